The van der Waals surface area contributed by atoms with E-state index < -0.39 is 15.7 Å². The maximum absolute atomic E-state index is 13.7. The third kappa shape index (κ3) is 2.45. The Kier molecular flexibility index (Phi) is 3.29. The molecule has 1 aliphatic rings. The molecule has 0 amide bonds. The first kappa shape index (κ1) is 13.8. The summed E-state index contributed by atoms with van der Waals surface area (Å²) in [6, 6.07) is 11.7. The second-order valence-electron chi connectivity index (χ2n) is 4.86. The van der Waals surface area contributed by atoms with Crippen LogP contribution in [0.1, 0.15) is 11.1 Å². The molecule has 21 heavy (non-hydrogen) atoms. The number of para-hydroxylation sites is 1. The normalized spacial score (nSPS) is 15.4. The summed E-state index contributed by atoms with van der Waals surface area (Å²) >= 11 is 0. The highest BCUT2D eigenvalue weighted by Crippen LogP contribution is 2.35. The molecule has 0 aliphatic carbocycles. The SMILES string of the molecule is Cc1ccccc1OCC1=CS(=O)(=O)c2c(F)cccc21. The van der Waals surface area contributed by atoms with Crippen LogP contribution in [-0.4, -0.2) is 15.0 Å². The van der Waals surface area contributed by atoms with Gasteiger partial charge in [0.2, 0.25) is 9.84 Å². The Bertz CT molecular complexity index is 838. The molecule has 3 rings (SSSR count). The summed E-state index contributed by atoms with van der Waals surface area (Å²) in [6.07, 6.45) is 0. The molecule has 1 heterocycles. The molecule has 0 saturated carbocycles. The lowest BCUT2D eigenvalue weighted by molar-refractivity contribution is 0.367. The lowest BCUT2D eigenvalue weighted by Gasteiger charge is -2.10. The van der Waals surface area contributed by atoms with E-state index in [0.29, 0.717) is 16.9 Å². The van der Waals surface area contributed by atoms with Crippen molar-refractivity contribution < 1.29 is 17.5 Å². The summed E-state index contributed by atoms with van der Waals surface area (Å²) in [7, 11) is -3.72. The minimum Gasteiger partial charge on any atom is -0.489 e. The molecule has 0 spiro atoms. The van der Waals surface area contributed by atoms with Gasteiger partial charge in [-0.25, -0.2) is 12.8 Å². The first-order valence-electron chi connectivity index (χ1n) is 6.42. The number of fused-ring (bicyclic) bond motifs is 1. The lowest BCUT2D eigenvalue weighted by atomic mass is 10.1. The average Bonchev–Trinajstić information content (AvgIpc) is 2.70. The summed E-state index contributed by atoms with van der Waals surface area (Å²) in [5, 5.41) is 1.08. The van der Waals surface area contributed by atoms with Gasteiger partial charge in [0, 0.05) is 16.5 Å². The van der Waals surface area contributed by atoms with Crippen LogP contribution < -0.4 is 4.74 Å². The predicted molar refractivity (Wildman–Crippen MR) is 78.2 cm³/mol. The first-order chi connectivity index (χ1) is 9.99. The predicted octanol–water partition coefficient (Wildman–Crippen LogP) is 3.34. The van der Waals surface area contributed by atoms with Crippen LogP contribution in [0.4, 0.5) is 4.39 Å². The molecular formula is C16H13FO3S. The first-order valence-corrected chi connectivity index (χ1v) is 7.96. The molecule has 0 bridgehead atoms. The Morgan fingerprint density at radius 3 is 2.62 bits per heavy atom. The van der Waals surface area contributed by atoms with E-state index in [1.54, 1.807) is 6.07 Å². The standard InChI is InChI=1S/C16H13FO3S/c1-11-5-2-3-8-15(11)20-9-12-10-21(18,19)16-13(12)6-4-7-14(16)17/h2-8,10H,9H2,1H3. The molecule has 0 radical (unpaired) electrons. The average molecular weight is 304 g/mol. The van der Waals surface area contributed by atoms with Crippen LogP contribution in [0.15, 0.2) is 52.8 Å². The number of aryl methyl sites for hydroxylation is 1. The van der Waals surface area contributed by atoms with Crippen LogP contribution in [0.2, 0.25) is 0 Å². The zero-order valence-corrected chi connectivity index (χ0v) is 12.2. The van der Waals surface area contributed by atoms with E-state index in [1.165, 1.54) is 6.07 Å². The van der Waals surface area contributed by atoms with Gasteiger partial charge in [0.1, 0.15) is 23.1 Å². The Morgan fingerprint density at radius 2 is 1.86 bits per heavy atom. The maximum atomic E-state index is 13.7. The van der Waals surface area contributed by atoms with Gasteiger partial charge in [-0.15, -0.1) is 0 Å². The fourth-order valence-corrected chi connectivity index (χ4v) is 3.88. The quantitative estimate of drug-likeness (QED) is 0.873. The van der Waals surface area contributed by atoms with Gasteiger partial charge in [-0.2, -0.15) is 0 Å². The van der Waals surface area contributed by atoms with Crippen LogP contribution in [-0.2, 0) is 9.84 Å². The summed E-state index contributed by atoms with van der Waals surface area (Å²) in [5.41, 5.74) is 1.80. The van der Waals surface area contributed by atoms with E-state index in [4.69, 9.17) is 4.74 Å². The number of ether oxygens (including phenoxy) is 1. The molecule has 3 nitrogen and oxygen atoms in total. The fraction of sp³-hybridized carbons (Fsp3) is 0.125. The van der Waals surface area contributed by atoms with Crippen molar-refractivity contribution in [3.05, 3.63) is 64.8 Å². The molecule has 0 fully saturated rings. The Morgan fingerprint density at radius 1 is 1.10 bits per heavy atom. The van der Waals surface area contributed by atoms with Crippen molar-refractivity contribution in [3.8, 4) is 5.75 Å². The highest BCUT2D eigenvalue weighted by atomic mass is 32.2. The topological polar surface area (TPSA) is 43.4 Å². The number of halogens is 1. The Hall–Kier alpha value is -2.14. The van der Waals surface area contributed by atoms with Crippen molar-refractivity contribution in [1.82, 2.24) is 0 Å². The third-order valence-electron chi connectivity index (χ3n) is 3.37. The van der Waals surface area contributed by atoms with Gasteiger partial charge in [-0.05, 0) is 24.6 Å². The number of hydrogen-bond donors (Lipinski definition) is 0. The molecule has 0 atom stereocenters. The third-order valence-corrected chi connectivity index (χ3v) is 4.95. The number of sulfone groups is 1. The van der Waals surface area contributed by atoms with E-state index in [0.717, 1.165) is 17.0 Å². The van der Waals surface area contributed by atoms with Crippen LogP contribution in [0.5, 0.6) is 5.75 Å². The van der Waals surface area contributed by atoms with Gasteiger partial charge in [0.25, 0.3) is 0 Å². The van der Waals surface area contributed by atoms with E-state index >= 15 is 0 Å². The van der Waals surface area contributed by atoms with Gasteiger partial charge in [0.05, 0.1) is 0 Å². The summed E-state index contributed by atoms with van der Waals surface area (Å²) in [5.74, 6) is -0.0460. The second kappa shape index (κ2) is 5.00. The van der Waals surface area contributed by atoms with Crippen LogP contribution >= 0.6 is 0 Å². The molecule has 0 saturated heterocycles. The number of benzene rings is 2. The highest BCUT2D eigenvalue weighted by molar-refractivity contribution is 7.95. The van der Waals surface area contributed by atoms with Crippen LogP contribution in [0.25, 0.3) is 5.57 Å². The van der Waals surface area contributed by atoms with E-state index in [-0.39, 0.29) is 11.5 Å². The van der Waals surface area contributed by atoms with Gasteiger partial charge >= 0.3 is 0 Å². The van der Waals surface area contributed by atoms with Gasteiger partial charge in [-0.3, -0.25) is 0 Å². The van der Waals surface area contributed by atoms with Gasteiger partial charge in [-0.1, -0.05) is 30.3 Å². The molecule has 0 N–H and O–H groups in total. The maximum Gasteiger partial charge on any atom is 0.203 e. The van der Waals surface area contributed by atoms with E-state index in [9.17, 15) is 12.8 Å². The molecule has 108 valence electrons. The van der Waals surface area contributed by atoms with Gasteiger partial charge in [0.15, 0.2) is 0 Å². The molecule has 0 unspecified atom stereocenters. The fourth-order valence-electron chi connectivity index (χ4n) is 2.35. The van der Waals surface area contributed by atoms with Crippen molar-refractivity contribution in [3.63, 3.8) is 0 Å². The van der Waals surface area contributed by atoms with Crippen molar-refractivity contribution >= 4 is 15.4 Å². The highest BCUT2D eigenvalue weighted by Gasteiger charge is 2.30. The molecular weight excluding hydrogens is 291 g/mol. The van der Waals surface area contributed by atoms with Crippen molar-refractivity contribution in [2.45, 2.75) is 11.8 Å². The van der Waals surface area contributed by atoms with Crippen LogP contribution in [0.3, 0.4) is 0 Å². The van der Waals surface area contributed by atoms with E-state index in [2.05, 4.69) is 0 Å². The Labute approximate surface area is 122 Å². The zero-order chi connectivity index (χ0) is 15.0. The molecule has 1 aliphatic heterocycles. The summed E-state index contributed by atoms with van der Waals surface area (Å²) in [4.78, 5) is -0.256. The van der Waals surface area contributed by atoms with Crippen molar-refractivity contribution in [1.29, 1.82) is 0 Å². The monoisotopic (exact) mass is 304 g/mol. The molecule has 2 aromatic rings. The minimum atomic E-state index is -3.72. The minimum absolute atomic E-state index is 0.0839. The smallest absolute Gasteiger partial charge is 0.203 e. The second-order valence-corrected chi connectivity index (χ2v) is 6.59. The van der Waals surface area contributed by atoms with Gasteiger partial charge < -0.3 is 4.74 Å². The van der Waals surface area contributed by atoms with Crippen molar-refractivity contribution in [2.75, 3.05) is 6.61 Å². The molecule has 2 aromatic carbocycles. The lowest BCUT2D eigenvalue weighted by Crippen LogP contribution is -2.01. The summed E-state index contributed by atoms with van der Waals surface area (Å²) < 4.78 is 43.4. The molecule has 0 aromatic heterocycles. The van der Waals surface area contributed by atoms with Crippen molar-refractivity contribution in [2.24, 2.45) is 0 Å². The van der Waals surface area contributed by atoms with Crippen LogP contribution in [0, 0.1) is 12.7 Å². The summed E-state index contributed by atoms with van der Waals surface area (Å²) in [6.45, 7) is 1.99. The van der Waals surface area contributed by atoms with E-state index in [1.807, 2.05) is 31.2 Å². The Balaban J connectivity index is 1.92. The largest absolute Gasteiger partial charge is 0.489 e. The number of rotatable bonds is 3. The molecule has 5 heteroatoms. The number of hydrogen-bond acceptors (Lipinski definition) is 3. The zero-order valence-electron chi connectivity index (χ0n) is 11.3.